The highest BCUT2D eigenvalue weighted by molar-refractivity contribution is 5.82. The molecule has 1 rings (SSSR count). The van der Waals surface area contributed by atoms with Crippen molar-refractivity contribution in [3.8, 4) is 0 Å². The molecular weight excluding hydrogens is 214 g/mol. The lowest BCUT2D eigenvalue weighted by atomic mass is 9.91. The van der Waals surface area contributed by atoms with Gasteiger partial charge in [-0.15, -0.1) is 0 Å². The smallest absolute Gasteiger partial charge is 0.229 e. The second-order valence-electron chi connectivity index (χ2n) is 5.67. The van der Waals surface area contributed by atoms with Crippen LogP contribution < -0.4 is 5.73 Å². The number of hydrogen-bond acceptors (Lipinski definition) is 3. The highest BCUT2D eigenvalue weighted by Crippen LogP contribution is 2.19. The molecule has 0 aliphatic carbocycles. The molecule has 1 aliphatic rings. The summed E-state index contributed by atoms with van der Waals surface area (Å²) in [7, 11) is 0. The summed E-state index contributed by atoms with van der Waals surface area (Å²) in [6.45, 7) is 12.4. The molecule has 1 amide bonds. The number of nitrogens with two attached hydrogens (primary N) is 1. The van der Waals surface area contributed by atoms with Crippen LogP contribution in [0.4, 0.5) is 0 Å². The number of piperazine rings is 1. The fraction of sp³-hybridized carbons (Fsp3) is 0.923. The average Bonchev–Trinajstić information content (AvgIpc) is 2.37. The number of amides is 1. The van der Waals surface area contributed by atoms with Crippen LogP contribution in [0.5, 0.6) is 0 Å². The van der Waals surface area contributed by atoms with Gasteiger partial charge in [0.2, 0.25) is 5.91 Å². The van der Waals surface area contributed by atoms with Crippen molar-refractivity contribution in [1.82, 2.24) is 9.80 Å². The molecule has 1 saturated heterocycles. The van der Waals surface area contributed by atoms with E-state index >= 15 is 0 Å². The molecule has 1 aliphatic heterocycles. The summed E-state index contributed by atoms with van der Waals surface area (Å²) >= 11 is 0. The van der Waals surface area contributed by atoms with Gasteiger partial charge in [-0.1, -0.05) is 6.92 Å². The summed E-state index contributed by atoms with van der Waals surface area (Å²) in [5.41, 5.74) is 5.23. The topological polar surface area (TPSA) is 49.6 Å². The molecule has 17 heavy (non-hydrogen) atoms. The fourth-order valence-corrected chi connectivity index (χ4v) is 2.14. The zero-order chi connectivity index (χ0) is 13.1. The van der Waals surface area contributed by atoms with Crippen LogP contribution >= 0.6 is 0 Å². The van der Waals surface area contributed by atoms with E-state index in [0.29, 0.717) is 12.6 Å². The van der Waals surface area contributed by atoms with E-state index in [2.05, 4.69) is 18.7 Å². The van der Waals surface area contributed by atoms with Crippen molar-refractivity contribution in [2.75, 3.05) is 32.7 Å². The van der Waals surface area contributed by atoms with E-state index in [0.717, 1.165) is 26.2 Å². The van der Waals surface area contributed by atoms with E-state index in [1.54, 1.807) is 0 Å². The Morgan fingerprint density at radius 2 is 1.82 bits per heavy atom. The number of rotatable bonds is 4. The number of hydrogen-bond donors (Lipinski definition) is 1. The Labute approximate surface area is 105 Å². The molecule has 1 atom stereocenters. The molecule has 1 heterocycles. The van der Waals surface area contributed by atoms with Crippen LogP contribution in [0.1, 0.15) is 34.1 Å². The molecule has 0 radical (unpaired) electrons. The maximum atomic E-state index is 12.2. The Morgan fingerprint density at radius 1 is 1.29 bits per heavy atom. The molecule has 2 N–H and O–H groups in total. The van der Waals surface area contributed by atoms with Crippen LogP contribution in [0.3, 0.4) is 0 Å². The average molecular weight is 241 g/mol. The first-order valence-corrected chi connectivity index (χ1v) is 6.66. The number of carbonyl (C=O) groups is 1. The van der Waals surface area contributed by atoms with Crippen LogP contribution in [-0.4, -0.2) is 54.5 Å². The van der Waals surface area contributed by atoms with Crippen molar-refractivity contribution in [3.63, 3.8) is 0 Å². The van der Waals surface area contributed by atoms with Crippen LogP contribution in [0.15, 0.2) is 0 Å². The van der Waals surface area contributed by atoms with E-state index in [9.17, 15) is 4.79 Å². The summed E-state index contributed by atoms with van der Waals surface area (Å²) in [4.78, 5) is 16.6. The lowest BCUT2D eigenvalue weighted by molar-refractivity contribution is -0.142. The molecule has 4 nitrogen and oxygen atoms in total. The van der Waals surface area contributed by atoms with Crippen LogP contribution in [0, 0.1) is 5.41 Å². The van der Waals surface area contributed by atoms with Gasteiger partial charge in [0.25, 0.3) is 0 Å². The van der Waals surface area contributed by atoms with E-state index in [-0.39, 0.29) is 5.91 Å². The first-order valence-electron chi connectivity index (χ1n) is 6.66. The predicted molar refractivity (Wildman–Crippen MR) is 70.7 cm³/mol. The second-order valence-corrected chi connectivity index (χ2v) is 5.67. The number of carbonyl (C=O) groups excluding carboxylic acids is 1. The van der Waals surface area contributed by atoms with Gasteiger partial charge in [-0.25, -0.2) is 0 Å². The van der Waals surface area contributed by atoms with Gasteiger partial charge in [-0.3, -0.25) is 9.69 Å². The fourth-order valence-electron chi connectivity index (χ4n) is 2.14. The van der Waals surface area contributed by atoms with Gasteiger partial charge in [-0.05, 0) is 27.2 Å². The first-order chi connectivity index (χ1) is 7.92. The van der Waals surface area contributed by atoms with Crippen molar-refractivity contribution in [2.24, 2.45) is 11.1 Å². The molecule has 100 valence electrons. The minimum atomic E-state index is -0.418. The van der Waals surface area contributed by atoms with Crippen LogP contribution in [-0.2, 0) is 4.79 Å². The van der Waals surface area contributed by atoms with Crippen molar-refractivity contribution in [3.05, 3.63) is 0 Å². The monoisotopic (exact) mass is 241 g/mol. The van der Waals surface area contributed by atoms with Crippen molar-refractivity contribution in [2.45, 2.75) is 40.2 Å². The maximum absolute atomic E-state index is 12.2. The molecular formula is C13H27N3O. The highest BCUT2D eigenvalue weighted by Gasteiger charge is 2.32. The number of nitrogens with zero attached hydrogens (tertiary/aromatic N) is 2. The minimum absolute atomic E-state index is 0.198. The molecule has 0 saturated carbocycles. The summed E-state index contributed by atoms with van der Waals surface area (Å²) < 4.78 is 0. The summed E-state index contributed by atoms with van der Waals surface area (Å²) in [6, 6.07) is 0.620. The third-order valence-electron chi connectivity index (χ3n) is 3.90. The predicted octanol–water partition coefficient (Wildman–Crippen LogP) is 0.914. The molecule has 0 aromatic rings. The Morgan fingerprint density at radius 3 is 2.24 bits per heavy atom. The Hall–Kier alpha value is -0.610. The van der Waals surface area contributed by atoms with Gasteiger partial charge >= 0.3 is 0 Å². The standard InChI is InChI=1S/C13H27N3O/c1-5-11(2)15-6-8-16(9-7-15)12(17)13(3,4)10-14/h11H,5-10,14H2,1-4H3. The molecule has 1 unspecified atom stereocenters. The van der Waals surface area contributed by atoms with E-state index < -0.39 is 5.41 Å². The lowest BCUT2D eigenvalue weighted by Gasteiger charge is -2.40. The maximum Gasteiger partial charge on any atom is 0.229 e. The molecule has 1 fully saturated rings. The summed E-state index contributed by atoms with van der Waals surface area (Å²) in [5.74, 6) is 0.198. The van der Waals surface area contributed by atoms with E-state index in [1.165, 1.54) is 6.42 Å². The molecule has 0 aromatic carbocycles. The SMILES string of the molecule is CCC(C)N1CCN(C(=O)C(C)(C)CN)CC1. The quantitative estimate of drug-likeness (QED) is 0.796. The van der Waals surface area contributed by atoms with E-state index in [1.807, 2.05) is 18.7 Å². The second kappa shape index (κ2) is 5.83. The molecule has 0 aromatic heterocycles. The van der Waals surface area contributed by atoms with Crippen molar-refractivity contribution >= 4 is 5.91 Å². The summed E-state index contributed by atoms with van der Waals surface area (Å²) in [6.07, 6.45) is 1.17. The Bertz CT molecular complexity index is 257. The first kappa shape index (κ1) is 14.5. The van der Waals surface area contributed by atoms with Gasteiger partial charge < -0.3 is 10.6 Å². The van der Waals surface area contributed by atoms with Crippen LogP contribution in [0.2, 0.25) is 0 Å². The third-order valence-corrected chi connectivity index (χ3v) is 3.90. The summed E-state index contributed by atoms with van der Waals surface area (Å²) in [5, 5.41) is 0. The van der Waals surface area contributed by atoms with Gasteiger partial charge in [0.05, 0.1) is 5.41 Å². The highest BCUT2D eigenvalue weighted by atomic mass is 16.2. The van der Waals surface area contributed by atoms with Crippen LogP contribution in [0.25, 0.3) is 0 Å². The third kappa shape index (κ3) is 3.42. The van der Waals surface area contributed by atoms with Gasteiger partial charge in [0, 0.05) is 38.8 Å². The van der Waals surface area contributed by atoms with E-state index in [4.69, 9.17) is 5.73 Å². The van der Waals surface area contributed by atoms with Gasteiger partial charge in [0.1, 0.15) is 0 Å². The Kier molecular flexibility index (Phi) is 4.95. The van der Waals surface area contributed by atoms with Gasteiger partial charge in [0.15, 0.2) is 0 Å². The molecule has 0 spiro atoms. The normalized spacial score (nSPS) is 20.4. The molecule has 4 heteroatoms. The zero-order valence-electron chi connectivity index (χ0n) is 11.7. The zero-order valence-corrected chi connectivity index (χ0v) is 11.7. The van der Waals surface area contributed by atoms with Crippen molar-refractivity contribution in [1.29, 1.82) is 0 Å². The van der Waals surface area contributed by atoms with Gasteiger partial charge in [-0.2, -0.15) is 0 Å². The minimum Gasteiger partial charge on any atom is -0.340 e. The van der Waals surface area contributed by atoms with Crippen molar-refractivity contribution < 1.29 is 4.79 Å². The largest absolute Gasteiger partial charge is 0.340 e. The lowest BCUT2D eigenvalue weighted by Crippen LogP contribution is -2.54. The Balaban J connectivity index is 2.50. The molecule has 0 bridgehead atoms.